The molecule has 0 nitrogen and oxygen atoms in total. The van der Waals surface area contributed by atoms with Gasteiger partial charge in [-0.05, 0) is 34.2 Å². The smallest absolute Gasteiger partial charge is 0.0181 e. The van der Waals surface area contributed by atoms with Crippen LogP contribution in [-0.4, -0.2) is 0 Å². The Morgan fingerprint density at radius 2 is 1.62 bits per heavy atom. The van der Waals surface area contributed by atoms with Crippen LogP contribution in [0.15, 0.2) is 36.4 Å². The van der Waals surface area contributed by atoms with Crippen LogP contribution in [0.5, 0.6) is 0 Å². The highest BCUT2D eigenvalue weighted by atomic mass is 14.1. The monoisotopic (exact) mass is 212 g/mol. The van der Waals surface area contributed by atoms with Gasteiger partial charge in [0, 0.05) is 0 Å². The Labute approximate surface area is 98.3 Å². The van der Waals surface area contributed by atoms with Gasteiger partial charge in [-0.15, -0.1) is 0 Å². The van der Waals surface area contributed by atoms with Crippen LogP contribution in [0, 0.1) is 0 Å². The molecule has 0 aliphatic carbocycles. The zero-order valence-electron chi connectivity index (χ0n) is 10.5. The Morgan fingerprint density at radius 3 is 2.31 bits per heavy atom. The Morgan fingerprint density at radius 1 is 0.938 bits per heavy atom. The van der Waals surface area contributed by atoms with E-state index in [0.717, 1.165) is 0 Å². The fraction of sp³-hybridized carbons (Fsp3) is 0.375. The molecule has 0 heterocycles. The van der Waals surface area contributed by atoms with Gasteiger partial charge >= 0.3 is 0 Å². The number of fused-ring (bicyclic) bond motifs is 1. The molecule has 84 valence electrons. The minimum Gasteiger partial charge on any atom is -0.0651 e. The van der Waals surface area contributed by atoms with Gasteiger partial charge in [-0.25, -0.2) is 0 Å². The molecule has 0 spiro atoms. The molecule has 0 saturated heterocycles. The topological polar surface area (TPSA) is 0 Å². The van der Waals surface area contributed by atoms with Crippen molar-refractivity contribution in [1.82, 2.24) is 0 Å². The van der Waals surface area contributed by atoms with Crippen LogP contribution in [0.4, 0.5) is 0 Å². The van der Waals surface area contributed by atoms with Gasteiger partial charge in [-0.3, -0.25) is 0 Å². The molecule has 0 N–H and O–H groups in total. The highest BCUT2D eigenvalue weighted by molar-refractivity contribution is 5.83. The summed E-state index contributed by atoms with van der Waals surface area (Å²) >= 11 is 0. The lowest BCUT2D eigenvalue weighted by atomic mass is 9.97. The molecule has 16 heavy (non-hydrogen) atoms. The third-order valence-corrected chi connectivity index (χ3v) is 3.13. The molecule has 0 heteroatoms. The number of benzene rings is 2. The summed E-state index contributed by atoms with van der Waals surface area (Å²) < 4.78 is 0. The number of hydrogen-bond acceptors (Lipinski definition) is 0. The van der Waals surface area contributed by atoms with Crippen LogP contribution in [0.2, 0.25) is 0 Å². The van der Waals surface area contributed by atoms with E-state index in [1.165, 1.54) is 34.7 Å². The molecule has 0 aromatic heterocycles. The average molecular weight is 212 g/mol. The van der Waals surface area contributed by atoms with Crippen molar-refractivity contribution in [2.24, 2.45) is 0 Å². The third kappa shape index (κ3) is 2.27. The SMILES string of the molecule is CCCc1ccc2cc(C(C)C)ccc2c1. The van der Waals surface area contributed by atoms with Crippen molar-refractivity contribution in [3.8, 4) is 0 Å². The van der Waals surface area contributed by atoms with Gasteiger partial charge in [-0.1, -0.05) is 63.6 Å². The van der Waals surface area contributed by atoms with Crippen molar-refractivity contribution in [1.29, 1.82) is 0 Å². The summed E-state index contributed by atoms with van der Waals surface area (Å²) in [5, 5.41) is 2.74. The van der Waals surface area contributed by atoms with Gasteiger partial charge in [-0.2, -0.15) is 0 Å². The molecular weight excluding hydrogens is 192 g/mol. The normalized spacial score (nSPS) is 11.2. The number of rotatable bonds is 3. The lowest BCUT2D eigenvalue weighted by molar-refractivity contribution is 0.868. The van der Waals surface area contributed by atoms with E-state index in [1.54, 1.807) is 0 Å². The molecule has 0 amide bonds. The van der Waals surface area contributed by atoms with E-state index in [4.69, 9.17) is 0 Å². The Hall–Kier alpha value is -1.30. The van der Waals surface area contributed by atoms with E-state index < -0.39 is 0 Å². The largest absolute Gasteiger partial charge is 0.0651 e. The molecule has 0 saturated carbocycles. The molecule has 2 aromatic rings. The lowest BCUT2D eigenvalue weighted by Crippen LogP contribution is -1.88. The summed E-state index contributed by atoms with van der Waals surface area (Å²) in [5.41, 5.74) is 2.88. The van der Waals surface area contributed by atoms with Crippen molar-refractivity contribution < 1.29 is 0 Å². The van der Waals surface area contributed by atoms with E-state index in [1.807, 2.05) is 0 Å². The maximum Gasteiger partial charge on any atom is -0.0181 e. The van der Waals surface area contributed by atoms with Crippen molar-refractivity contribution in [3.63, 3.8) is 0 Å². The van der Waals surface area contributed by atoms with Gasteiger partial charge in [0.2, 0.25) is 0 Å². The van der Waals surface area contributed by atoms with Crippen LogP contribution in [0.3, 0.4) is 0 Å². The van der Waals surface area contributed by atoms with E-state index >= 15 is 0 Å². The summed E-state index contributed by atoms with van der Waals surface area (Å²) in [4.78, 5) is 0. The highest BCUT2D eigenvalue weighted by Gasteiger charge is 2.01. The minimum absolute atomic E-state index is 0.611. The molecule has 0 bridgehead atoms. The predicted molar refractivity (Wildman–Crippen MR) is 72.0 cm³/mol. The van der Waals surface area contributed by atoms with Crippen LogP contribution in [0.25, 0.3) is 10.8 Å². The van der Waals surface area contributed by atoms with E-state index in [0.29, 0.717) is 5.92 Å². The molecule has 0 radical (unpaired) electrons. The summed E-state index contributed by atoms with van der Waals surface area (Å²) in [6.07, 6.45) is 2.40. The maximum atomic E-state index is 2.32. The van der Waals surface area contributed by atoms with Crippen LogP contribution in [0.1, 0.15) is 44.2 Å². The number of aryl methyl sites for hydroxylation is 1. The second-order valence-electron chi connectivity index (χ2n) is 4.85. The predicted octanol–water partition coefficient (Wildman–Crippen LogP) is 4.92. The van der Waals surface area contributed by atoms with Gasteiger partial charge in [0.05, 0.1) is 0 Å². The molecule has 0 atom stereocenters. The second-order valence-corrected chi connectivity index (χ2v) is 4.85. The standard InChI is InChI=1S/C16H20/c1-4-5-13-6-7-16-11-14(12(2)3)8-9-15(16)10-13/h6-12H,4-5H2,1-3H3. The molecule has 0 aliphatic heterocycles. The first-order chi connectivity index (χ1) is 7.70. The van der Waals surface area contributed by atoms with Gasteiger partial charge in [0.25, 0.3) is 0 Å². The fourth-order valence-electron chi connectivity index (χ4n) is 2.12. The molecule has 0 fully saturated rings. The average Bonchev–Trinajstić information content (AvgIpc) is 2.28. The van der Waals surface area contributed by atoms with Crippen LogP contribution < -0.4 is 0 Å². The quantitative estimate of drug-likeness (QED) is 0.677. The molecule has 0 unspecified atom stereocenters. The molecule has 0 aliphatic rings. The lowest BCUT2D eigenvalue weighted by Gasteiger charge is -2.08. The van der Waals surface area contributed by atoms with E-state index in [-0.39, 0.29) is 0 Å². The van der Waals surface area contributed by atoms with Crippen LogP contribution in [-0.2, 0) is 6.42 Å². The zero-order valence-corrected chi connectivity index (χ0v) is 10.5. The maximum absolute atomic E-state index is 2.32. The summed E-state index contributed by atoms with van der Waals surface area (Å²) in [5.74, 6) is 0.611. The first kappa shape index (κ1) is 11.2. The Bertz CT molecular complexity index is 480. The summed E-state index contributed by atoms with van der Waals surface area (Å²) in [6.45, 7) is 6.71. The first-order valence-electron chi connectivity index (χ1n) is 6.23. The Balaban J connectivity index is 2.44. The second kappa shape index (κ2) is 4.69. The van der Waals surface area contributed by atoms with Gasteiger partial charge in [0.1, 0.15) is 0 Å². The van der Waals surface area contributed by atoms with Crippen molar-refractivity contribution in [3.05, 3.63) is 47.5 Å². The van der Waals surface area contributed by atoms with E-state index in [9.17, 15) is 0 Å². The highest BCUT2D eigenvalue weighted by Crippen LogP contribution is 2.22. The third-order valence-electron chi connectivity index (χ3n) is 3.13. The van der Waals surface area contributed by atoms with Crippen molar-refractivity contribution in [2.45, 2.75) is 39.5 Å². The van der Waals surface area contributed by atoms with Gasteiger partial charge in [0.15, 0.2) is 0 Å². The van der Waals surface area contributed by atoms with Crippen LogP contribution >= 0.6 is 0 Å². The first-order valence-corrected chi connectivity index (χ1v) is 6.23. The van der Waals surface area contributed by atoms with Gasteiger partial charge < -0.3 is 0 Å². The molecule has 2 rings (SSSR count). The van der Waals surface area contributed by atoms with Crippen molar-refractivity contribution in [2.75, 3.05) is 0 Å². The molecule has 2 aromatic carbocycles. The Kier molecular flexibility index (Phi) is 3.28. The fourth-order valence-corrected chi connectivity index (χ4v) is 2.12. The van der Waals surface area contributed by atoms with E-state index in [2.05, 4.69) is 57.2 Å². The summed E-state index contributed by atoms with van der Waals surface area (Å²) in [6, 6.07) is 13.7. The summed E-state index contributed by atoms with van der Waals surface area (Å²) in [7, 11) is 0. The zero-order chi connectivity index (χ0) is 11.5. The minimum atomic E-state index is 0.611. The van der Waals surface area contributed by atoms with Crippen molar-refractivity contribution >= 4 is 10.8 Å². The number of hydrogen-bond donors (Lipinski definition) is 0. The molecular formula is C16H20.